The molecule has 1 unspecified atom stereocenters. The molecule has 2 aliphatic rings. The summed E-state index contributed by atoms with van der Waals surface area (Å²) in [5, 5.41) is 2.18. The fraction of sp³-hybridized carbons (Fsp3) is 0.320. The van der Waals surface area contributed by atoms with Crippen molar-refractivity contribution in [3.8, 4) is 11.5 Å². The molecule has 0 saturated carbocycles. The van der Waals surface area contributed by atoms with Gasteiger partial charge in [-0.25, -0.2) is 4.99 Å². The number of likely N-dealkylation sites (N-methyl/N-ethyl adjacent to an activating group) is 1. The molecule has 0 bridgehead atoms. The van der Waals surface area contributed by atoms with E-state index in [0.717, 1.165) is 40.2 Å². The number of anilines is 1. The van der Waals surface area contributed by atoms with Crippen molar-refractivity contribution in [1.82, 2.24) is 0 Å². The zero-order chi connectivity index (χ0) is 20.4. The van der Waals surface area contributed by atoms with Gasteiger partial charge in [0.2, 0.25) is 5.72 Å². The quantitative estimate of drug-likeness (QED) is 0.554. The molecule has 0 aromatic heterocycles. The van der Waals surface area contributed by atoms with E-state index >= 15 is 0 Å². The number of methoxy groups -OCH3 is 1. The van der Waals surface area contributed by atoms with Crippen LogP contribution in [0.1, 0.15) is 33.3 Å². The van der Waals surface area contributed by atoms with Crippen LogP contribution in [0.5, 0.6) is 11.5 Å². The lowest BCUT2D eigenvalue weighted by Gasteiger charge is -2.48. The van der Waals surface area contributed by atoms with Crippen molar-refractivity contribution in [2.45, 2.75) is 38.8 Å². The molecule has 5 rings (SSSR count). The predicted octanol–water partition coefficient (Wildman–Crippen LogP) is 5.85. The SMILES string of the molecule is CCN1c2ccccc2C(C)(C)C12Oc1ccc3ccc(OC)cc3c1N=C2C. The average Bonchev–Trinajstić information content (AvgIpc) is 2.92. The van der Waals surface area contributed by atoms with Gasteiger partial charge in [0.15, 0.2) is 0 Å². The monoisotopic (exact) mass is 386 g/mol. The van der Waals surface area contributed by atoms with Crippen molar-refractivity contribution in [1.29, 1.82) is 0 Å². The van der Waals surface area contributed by atoms with E-state index < -0.39 is 5.72 Å². The molecule has 1 spiro atoms. The summed E-state index contributed by atoms with van der Waals surface area (Å²) >= 11 is 0. The Morgan fingerprint density at radius 1 is 1.07 bits per heavy atom. The summed E-state index contributed by atoms with van der Waals surface area (Å²) in [6.45, 7) is 9.63. The number of nitrogens with zero attached hydrogens (tertiary/aromatic N) is 2. The lowest BCUT2D eigenvalue weighted by Crippen LogP contribution is -2.65. The normalized spacial score (nSPS) is 21.6. The van der Waals surface area contributed by atoms with Crippen LogP contribution in [0.3, 0.4) is 0 Å². The van der Waals surface area contributed by atoms with Gasteiger partial charge in [0.1, 0.15) is 17.2 Å². The zero-order valence-corrected chi connectivity index (χ0v) is 17.6. The van der Waals surface area contributed by atoms with E-state index in [0.29, 0.717) is 0 Å². The summed E-state index contributed by atoms with van der Waals surface area (Å²) in [4.78, 5) is 7.52. The number of rotatable bonds is 2. The number of aliphatic imine (C=N–C) groups is 1. The number of hydrogen-bond acceptors (Lipinski definition) is 4. The van der Waals surface area contributed by atoms with Gasteiger partial charge in [0.25, 0.3) is 0 Å². The van der Waals surface area contributed by atoms with Crippen LogP contribution in [0.4, 0.5) is 11.4 Å². The predicted molar refractivity (Wildman–Crippen MR) is 119 cm³/mol. The molecule has 0 radical (unpaired) electrons. The van der Waals surface area contributed by atoms with E-state index in [2.05, 4.69) is 75.1 Å². The molecular weight excluding hydrogens is 360 g/mol. The number of fused-ring (bicyclic) bond motifs is 4. The molecule has 2 aliphatic heterocycles. The van der Waals surface area contributed by atoms with E-state index in [1.54, 1.807) is 7.11 Å². The highest BCUT2D eigenvalue weighted by Crippen LogP contribution is 2.56. The summed E-state index contributed by atoms with van der Waals surface area (Å²) in [6, 6.07) is 18.8. The second kappa shape index (κ2) is 5.99. The summed E-state index contributed by atoms with van der Waals surface area (Å²) < 4.78 is 12.4. The fourth-order valence-electron chi connectivity index (χ4n) is 5.21. The van der Waals surface area contributed by atoms with Crippen LogP contribution in [0.25, 0.3) is 10.8 Å². The third-order valence-corrected chi connectivity index (χ3v) is 6.60. The highest BCUT2D eigenvalue weighted by Gasteiger charge is 2.62. The minimum atomic E-state index is -0.648. The maximum atomic E-state index is 6.93. The van der Waals surface area contributed by atoms with Crippen molar-refractivity contribution >= 4 is 27.9 Å². The maximum Gasteiger partial charge on any atom is 0.231 e. The molecule has 3 aromatic rings. The van der Waals surface area contributed by atoms with Crippen LogP contribution in [0, 0.1) is 0 Å². The van der Waals surface area contributed by atoms with E-state index in [1.165, 1.54) is 11.3 Å². The molecule has 0 aliphatic carbocycles. The molecule has 3 aromatic carbocycles. The molecule has 148 valence electrons. The molecule has 4 heteroatoms. The topological polar surface area (TPSA) is 34.1 Å². The average molecular weight is 386 g/mol. The molecule has 2 heterocycles. The minimum Gasteiger partial charge on any atom is -0.497 e. The first-order valence-electron chi connectivity index (χ1n) is 10.2. The molecule has 1 atom stereocenters. The Bertz CT molecular complexity index is 1160. The standard InChI is InChI=1S/C25H26N2O2/c1-6-27-21-10-8-7-9-20(21)24(3,4)25(27)16(2)26-23-19-15-18(28-5)13-11-17(19)12-14-22(23)29-25/h7-15H,6H2,1-5H3. The first-order chi connectivity index (χ1) is 13.9. The van der Waals surface area contributed by atoms with Gasteiger partial charge in [-0.05, 0) is 62.9 Å². The third-order valence-electron chi connectivity index (χ3n) is 6.60. The molecule has 0 amide bonds. The zero-order valence-electron chi connectivity index (χ0n) is 17.6. The van der Waals surface area contributed by atoms with Gasteiger partial charge in [-0.3, -0.25) is 0 Å². The van der Waals surface area contributed by atoms with Crippen molar-refractivity contribution < 1.29 is 9.47 Å². The first-order valence-corrected chi connectivity index (χ1v) is 10.2. The Labute approximate surface area is 171 Å². The minimum absolute atomic E-state index is 0.256. The van der Waals surface area contributed by atoms with Gasteiger partial charge in [-0.2, -0.15) is 0 Å². The van der Waals surface area contributed by atoms with Crippen molar-refractivity contribution in [2.24, 2.45) is 4.99 Å². The van der Waals surface area contributed by atoms with Crippen LogP contribution >= 0.6 is 0 Å². The highest BCUT2D eigenvalue weighted by molar-refractivity contribution is 6.06. The molecular formula is C25H26N2O2. The fourth-order valence-corrected chi connectivity index (χ4v) is 5.21. The first kappa shape index (κ1) is 18.0. The Hall–Kier alpha value is -3.01. The highest BCUT2D eigenvalue weighted by atomic mass is 16.5. The van der Waals surface area contributed by atoms with E-state index in [1.807, 2.05) is 12.1 Å². The van der Waals surface area contributed by atoms with Gasteiger partial charge in [0.05, 0.1) is 18.2 Å². The van der Waals surface area contributed by atoms with Gasteiger partial charge < -0.3 is 14.4 Å². The van der Waals surface area contributed by atoms with E-state index in [4.69, 9.17) is 14.5 Å². The van der Waals surface area contributed by atoms with Crippen LogP contribution in [0.2, 0.25) is 0 Å². The van der Waals surface area contributed by atoms with E-state index in [9.17, 15) is 0 Å². The largest absolute Gasteiger partial charge is 0.497 e. The molecule has 4 nitrogen and oxygen atoms in total. The van der Waals surface area contributed by atoms with Crippen LogP contribution in [-0.4, -0.2) is 25.1 Å². The summed E-state index contributed by atoms with van der Waals surface area (Å²) in [5.41, 5.74) is 3.47. The van der Waals surface area contributed by atoms with Gasteiger partial charge in [-0.1, -0.05) is 30.3 Å². The Morgan fingerprint density at radius 3 is 2.59 bits per heavy atom. The molecule has 0 saturated heterocycles. The number of benzene rings is 3. The van der Waals surface area contributed by atoms with Gasteiger partial charge >= 0.3 is 0 Å². The Balaban J connectivity index is 1.76. The lowest BCUT2D eigenvalue weighted by atomic mass is 9.75. The second-order valence-electron chi connectivity index (χ2n) is 8.33. The van der Waals surface area contributed by atoms with Crippen LogP contribution < -0.4 is 14.4 Å². The van der Waals surface area contributed by atoms with E-state index in [-0.39, 0.29) is 5.41 Å². The Kier molecular flexibility index (Phi) is 3.73. The molecule has 0 fully saturated rings. The number of hydrogen-bond donors (Lipinski definition) is 0. The summed E-state index contributed by atoms with van der Waals surface area (Å²) in [6.07, 6.45) is 0. The Morgan fingerprint density at radius 2 is 1.83 bits per heavy atom. The third kappa shape index (κ3) is 2.17. The summed E-state index contributed by atoms with van der Waals surface area (Å²) in [7, 11) is 1.69. The molecule has 29 heavy (non-hydrogen) atoms. The van der Waals surface area contributed by atoms with Gasteiger partial charge in [0, 0.05) is 17.6 Å². The van der Waals surface area contributed by atoms with Crippen molar-refractivity contribution in [3.05, 3.63) is 60.2 Å². The lowest BCUT2D eigenvalue weighted by molar-refractivity contribution is 0.0731. The second-order valence-corrected chi connectivity index (χ2v) is 8.33. The van der Waals surface area contributed by atoms with Crippen LogP contribution in [0.15, 0.2) is 59.6 Å². The molecule has 0 N–H and O–H groups in total. The maximum absolute atomic E-state index is 6.93. The van der Waals surface area contributed by atoms with Crippen molar-refractivity contribution in [3.63, 3.8) is 0 Å². The smallest absolute Gasteiger partial charge is 0.231 e. The summed E-state index contributed by atoms with van der Waals surface area (Å²) in [5.74, 6) is 1.64. The van der Waals surface area contributed by atoms with Crippen molar-refractivity contribution in [2.75, 3.05) is 18.6 Å². The van der Waals surface area contributed by atoms with Crippen LogP contribution in [-0.2, 0) is 5.41 Å². The number of ether oxygens (including phenoxy) is 2. The van der Waals surface area contributed by atoms with Gasteiger partial charge in [-0.15, -0.1) is 0 Å². The number of para-hydroxylation sites is 1.